The van der Waals surface area contributed by atoms with Crippen LogP contribution in [0.3, 0.4) is 0 Å². The van der Waals surface area contributed by atoms with E-state index in [1.807, 2.05) is 27.7 Å². The predicted molar refractivity (Wildman–Crippen MR) is 80.9 cm³/mol. The summed E-state index contributed by atoms with van der Waals surface area (Å²) >= 11 is 12.2. The molecule has 1 N–H and O–H groups in total. The summed E-state index contributed by atoms with van der Waals surface area (Å²) in [7, 11) is -3.14. The highest BCUT2D eigenvalue weighted by molar-refractivity contribution is 7.68. The molecule has 0 radical (unpaired) electrons. The number of hydrogen-bond donors (Lipinski definition) is 1. The SMILES string of the molecule is CC1(C)COP(=O)(c2cccc(Cl)c2Cl)C(C)(C)N1. The van der Waals surface area contributed by atoms with Crippen molar-refractivity contribution in [1.82, 2.24) is 5.32 Å². The summed E-state index contributed by atoms with van der Waals surface area (Å²) in [5, 5.41) is 3.85. The van der Waals surface area contributed by atoms with Crippen molar-refractivity contribution in [2.24, 2.45) is 0 Å². The second kappa shape index (κ2) is 4.75. The van der Waals surface area contributed by atoms with Crippen LogP contribution in [0.4, 0.5) is 0 Å². The summed E-state index contributed by atoms with van der Waals surface area (Å²) in [6.07, 6.45) is 0. The molecule has 6 heteroatoms. The average Bonchev–Trinajstić information content (AvgIpc) is 2.27. The van der Waals surface area contributed by atoms with Crippen LogP contribution in [-0.4, -0.2) is 17.4 Å². The number of benzene rings is 1. The van der Waals surface area contributed by atoms with Crippen LogP contribution in [0.2, 0.25) is 10.0 Å². The molecule has 1 saturated heterocycles. The lowest BCUT2D eigenvalue weighted by molar-refractivity contribution is 0.147. The monoisotopic (exact) mass is 321 g/mol. The van der Waals surface area contributed by atoms with Gasteiger partial charge in [-0.1, -0.05) is 29.3 Å². The van der Waals surface area contributed by atoms with Crippen molar-refractivity contribution >= 4 is 35.9 Å². The van der Waals surface area contributed by atoms with E-state index in [4.69, 9.17) is 27.7 Å². The first-order chi connectivity index (χ1) is 8.59. The maximum absolute atomic E-state index is 13.3. The van der Waals surface area contributed by atoms with Crippen molar-refractivity contribution in [2.45, 2.75) is 38.5 Å². The van der Waals surface area contributed by atoms with Crippen LogP contribution in [-0.2, 0) is 9.09 Å². The predicted octanol–water partition coefficient (Wildman–Crippen LogP) is 4.03. The van der Waals surface area contributed by atoms with Crippen molar-refractivity contribution < 1.29 is 9.09 Å². The van der Waals surface area contributed by atoms with Gasteiger partial charge in [0.2, 0.25) is 0 Å². The smallest absolute Gasteiger partial charge is 0.252 e. The summed E-state index contributed by atoms with van der Waals surface area (Å²) < 4.78 is 19.1. The fourth-order valence-electron chi connectivity index (χ4n) is 2.44. The van der Waals surface area contributed by atoms with Gasteiger partial charge in [-0.3, -0.25) is 9.88 Å². The normalized spacial score (nSPS) is 29.2. The summed E-state index contributed by atoms with van der Waals surface area (Å²) in [4.78, 5) is 0. The molecular formula is C13H18Cl2NO2P. The van der Waals surface area contributed by atoms with Crippen LogP contribution in [0.25, 0.3) is 0 Å². The highest BCUT2D eigenvalue weighted by Crippen LogP contribution is 2.60. The minimum Gasteiger partial charge on any atom is -0.322 e. The Bertz CT molecular complexity index is 558. The quantitative estimate of drug-likeness (QED) is 0.793. The number of hydrogen-bond acceptors (Lipinski definition) is 3. The standard InChI is InChI=1S/C13H18Cl2NO2P/c1-12(2)8-18-19(17,13(3,4)16-12)10-7-5-6-9(14)11(10)15/h5-7,16H,8H2,1-4H3. The Morgan fingerprint density at radius 1 is 1.26 bits per heavy atom. The van der Waals surface area contributed by atoms with Crippen molar-refractivity contribution in [3.63, 3.8) is 0 Å². The molecule has 1 aliphatic heterocycles. The van der Waals surface area contributed by atoms with Crippen LogP contribution in [0.1, 0.15) is 27.7 Å². The van der Waals surface area contributed by atoms with Gasteiger partial charge in [0.1, 0.15) is 0 Å². The van der Waals surface area contributed by atoms with E-state index >= 15 is 0 Å². The molecule has 0 amide bonds. The minimum atomic E-state index is -3.14. The molecule has 106 valence electrons. The van der Waals surface area contributed by atoms with Crippen LogP contribution in [0.5, 0.6) is 0 Å². The Balaban J connectivity index is 2.54. The van der Waals surface area contributed by atoms with Gasteiger partial charge in [-0.15, -0.1) is 0 Å². The highest BCUT2D eigenvalue weighted by Gasteiger charge is 2.51. The third kappa shape index (κ3) is 2.59. The summed E-state index contributed by atoms with van der Waals surface area (Å²) in [5.41, 5.74) is -0.234. The van der Waals surface area contributed by atoms with Gasteiger partial charge in [-0.2, -0.15) is 0 Å². The lowest BCUT2D eigenvalue weighted by Crippen LogP contribution is -2.59. The van der Waals surface area contributed by atoms with E-state index in [9.17, 15) is 4.57 Å². The summed E-state index contributed by atoms with van der Waals surface area (Å²) in [5.74, 6) is 0. The molecule has 0 saturated carbocycles. The van der Waals surface area contributed by atoms with Crippen LogP contribution < -0.4 is 10.6 Å². The molecule has 2 rings (SSSR count). The van der Waals surface area contributed by atoms with Gasteiger partial charge in [0.25, 0.3) is 7.37 Å². The van der Waals surface area contributed by atoms with E-state index in [1.54, 1.807) is 18.2 Å². The molecular weight excluding hydrogens is 304 g/mol. The van der Waals surface area contributed by atoms with Gasteiger partial charge in [0.15, 0.2) is 0 Å². The molecule has 1 fully saturated rings. The average molecular weight is 322 g/mol. The van der Waals surface area contributed by atoms with Crippen molar-refractivity contribution in [1.29, 1.82) is 0 Å². The van der Waals surface area contributed by atoms with E-state index < -0.39 is 12.6 Å². The zero-order valence-corrected chi connectivity index (χ0v) is 13.9. The molecule has 19 heavy (non-hydrogen) atoms. The van der Waals surface area contributed by atoms with Crippen LogP contribution >= 0.6 is 30.6 Å². The maximum Gasteiger partial charge on any atom is 0.252 e. The van der Waals surface area contributed by atoms with E-state index in [0.717, 1.165) is 0 Å². The third-order valence-corrected chi connectivity index (χ3v) is 7.27. The van der Waals surface area contributed by atoms with Gasteiger partial charge >= 0.3 is 0 Å². The molecule has 0 spiro atoms. The largest absolute Gasteiger partial charge is 0.322 e. The van der Waals surface area contributed by atoms with E-state index in [1.165, 1.54) is 0 Å². The Kier molecular flexibility index (Phi) is 3.84. The van der Waals surface area contributed by atoms with Crippen molar-refractivity contribution in [2.75, 3.05) is 6.61 Å². The van der Waals surface area contributed by atoms with Gasteiger partial charge in [0, 0.05) is 5.54 Å². The maximum atomic E-state index is 13.3. The molecule has 1 aliphatic rings. The first kappa shape index (κ1) is 15.3. The highest BCUT2D eigenvalue weighted by atomic mass is 35.5. The molecule has 1 atom stereocenters. The van der Waals surface area contributed by atoms with Gasteiger partial charge in [-0.25, -0.2) is 0 Å². The molecule has 1 unspecified atom stereocenters. The Hall–Kier alpha value is -0.0500. The minimum absolute atomic E-state index is 0.234. The van der Waals surface area contributed by atoms with Gasteiger partial charge in [0.05, 0.1) is 27.2 Å². The van der Waals surface area contributed by atoms with Gasteiger partial charge in [-0.05, 0) is 39.8 Å². The topological polar surface area (TPSA) is 38.3 Å². The first-order valence-corrected chi connectivity index (χ1v) is 8.46. The van der Waals surface area contributed by atoms with E-state index in [0.29, 0.717) is 22.0 Å². The van der Waals surface area contributed by atoms with Crippen LogP contribution in [0, 0.1) is 0 Å². The lowest BCUT2D eigenvalue weighted by atomic mass is 10.1. The Labute approximate surface area is 124 Å². The van der Waals surface area contributed by atoms with Crippen LogP contribution in [0.15, 0.2) is 18.2 Å². The zero-order chi connectivity index (χ0) is 14.5. The number of halogens is 2. The second-order valence-corrected chi connectivity index (χ2v) is 9.71. The zero-order valence-electron chi connectivity index (χ0n) is 11.5. The first-order valence-electron chi connectivity index (χ1n) is 6.08. The fourth-order valence-corrected chi connectivity index (χ4v) is 5.82. The fraction of sp³-hybridized carbons (Fsp3) is 0.538. The molecule has 1 aromatic carbocycles. The molecule has 0 bridgehead atoms. The second-order valence-electron chi connectivity index (χ2n) is 5.97. The van der Waals surface area contributed by atoms with E-state index in [-0.39, 0.29) is 5.54 Å². The molecule has 0 aromatic heterocycles. The lowest BCUT2D eigenvalue weighted by Gasteiger charge is -2.47. The van der Waals surface area contributed by atoms with E-state index in [2.05, 4.69) is 5.32 Å². The summed E-state index contributed by atoms with van der Waals surface area (Å²) in [6.45, 7) is 8.12. The number of rotatable bonds is 1. The van der Waals surface area contributed by atoms with Gasteiger partial charge < -0.3 is 4.52 Å². The Morgan fingerprint density at radius 2 is 1.89 bits per heavy atom. The third-order valence-electron chi connectivity index (χ3n) is 3.24. The molecule has 0 aliphatic carbocycles. The summed E-state index contributed by atoms with van der Waals surface area (Å²) in [6, 6.07) is 5.13. The molecule has 1 aromatic rings. The molecule has 3 nitrogen and oxygen atoms in total. The Morgan fingerprint density at radius 3 is 2.47 bits per heavy atom. The van der Waals surface area contributed by atoms with Crippen molar-refractivity contribution in [3.05, 3.63) is 28.2 Å². The van der Waals surface area contributed by atoms with Crippen molar-refractivity contribution in [3.8, 4) is 0 Å². The molecule has 1 heterocycles. The number of nitrogens with one attached hydrogen (secondary N) is 1.